The summed E-state index contributed by atoms with van der Waals surface area (Å²) in [5.74, 6) is -0.192. The molecule has 0 unspecified atom stereocenters. The fraction of sp³-hybridized carbons (Fsp3) is 0.200. The minimum absolute atomic E-state index is 0.192. The lowest BCUT2D eigenvalue weighted by atomic mass is 10.1. The molecule has 0 bridgehead atoms. The largest absolute Gasteiger partial charge is 0.381 e. The molecule has 0 aliphatic carbocycles. The molecule has 0 atom stereocenters. The van der Waals surface area contributed by atoms with E-state index in [1.54, 1.807) is 12.1 Å². The van der Waals surface area contributed by atoms with Gasteiger partial charge in [0, 0.05) is 12.2 Å². The molecular formula is C15H16FN. The van der Waals surface area contributed by atoms with Crippen LogP contribution in [0.1, 0.15) is 18.1 Å². The van der Waals surface area contributed by atoms with Gasteiger partial charge >= 0.3 is 0 Å². The molecule has 2 aromatic rings. The second kappa shape index (κ2) is 5.48. The van der Waals surface area contributed by atoms with E-state index in [9.17, 15) is 4.39 Å². The van der Waals surface area contributed by atoms with Crippen LogP contribution in [-0.2, 0) is 13.0 Å². The lowest BCUT2D eigenvalue weighted by Crippen LogP contribution is -2.01. The second-order valence-corrected chi connectivity index (χ2v) is 3.99. The Morgan fingerprint density at radius 1 is 1.00 bits per heavy atom. The molecular weight excluding hydrogens is 213 g/mol. The highest BCUT2D eigenvalue weighted by atomic mass is 19.1. The molecule has 0 aliphatic heterocycles. The number of nitrogens with one attached hydrogen (secondary N) is 1. The first-order chi connectivity index (χ1) is 8.29. The first-order valence-electron chi connectivity index (χ1n) is 5.86. The van der Waals surface area contributed by atoms with Crippen LogP contribution in [0.3, 0.4) is 0 Å². The molecule has 88 valence electrons. The molecule has 0 radical (unpaired) electrons. The van der Waals surface area contributed by atoms with Crippen LogP contribution in [-0.4, -0.2) is 0 Å². The smallest absolute Gasteiger partial charge is 0.123 e. The van der Waals surface area contributed by atoms with E-state index in [4.69, 9.17) is 0 Å². The van der Waals surface area contributed by atoms with Crippen molar-refractivity contribution in [2.45, 2.75) is 19.9 Å². The van der Waals surface area contributed by atoms with Crippen LogP contribution in [0.5, 0.6) is 0 Å². The van der Waals surface area contributed by atoms with Gasteiger partial charge in [-0.15, -0.1) is 0 Å². The summed E-state index contributed by atoms with van der Waals surface area (Å²) >= 11 is 0. The highest BCUT2D eigenvalue weighted by Gasteiger charge is 1.99. The third-order valence-electron chi connectivity index (χ3n) is 2.79. The molecule has 0 spiro atoms. The molecule has 2 rings (SSSR count). The Balaban J connectivity index is 2.04. The zero-order valence-corrected chi connectivity index (χ0v) is 9.91. The Bertz CT molecular complexity index is 477. The SMILES string of the molecule is CCc1ccccc1NCc1ccc(F)cc1. The third-order valence-corrected chi connectivity index (χ3v) is 2.79. The van der Waals surface area contributed by atoms with Gasteiger partial charge in [-0.25, -0.2) is 4.39 Å². The lowest BCUT2D eigenvalue weighted by molar-refractivity contribution is 0.627. The van der Waals surface area contributed by atoms with Gasteiger partial charge in [-0.1, -0.05) is 37.3 Å². The Morgan fingerprint density at radius 2 is 1.71 bits per heavy atom. The Kier molecular flexibility index (Phi) is 3.76. The molecule has 0 heterocycles. The minimum Gasteiger partial charge on any atom is -0.381 e. The van der Waals surface area contributed by atoms with Crippen molar-refractivity contribution in [2.75, 3.05) is 5.32 Å². The zero-order chi connectivity index (χ0) is 12.1. The molecule has 17 heavy (non-hydrogen) atoms. The normalized spacial score (nSPS) is 10.2. The van der Waals surface area contributed by atoms with Crippen LogP contribution in [0.4, 0.5) is 10.1 Å². The van der Waals surface area contributed by atoms with Crippen molar-refractivity contribution in [3.8, 4) is 0 Å². The molecule has 0 fully saturated rings. The summed E-state index contributed by atoms with van der Waals surface area (Å²) in [6, 6.07) is 14.8. The van der Waals surface area contributed by atoms with E-state index in [1.165, 1.54) is 17.7 Å². The standard InChI is InChI=1S/C15H16FN/c1-2-13-5-3-4-6-15(13)17-11-12-7-9-14(16)10-8-12/h3-10,17H,2,11H2,1H3. The van der Waals surface area contributed by atoms with E-state index < -0.39 is 0 Å². The number of para-hydroxylation sites is 1. The first kappa shape index (κ1) is 11.6. The van der Waals surface area contributed by atoms with Crippen molar-refractivity contribution in [3.63, 3.8) is 0 Å². The number of hydrogen-bond donors (Lipinski definition) is 1. The van der Waals surface area contributed by atoms with E-state index in [0.29, 0.717) is 0 Å². The highest BCUT2D eigenvalue weighted by Crippen LogP contribution is 2.16. The predicted octanol–water partition coefficient (Wildman–Crippen LogP) is 4.00. The predicted molar refractivity (Wildman–Crippen MR) is 69.5 cm³/mol. The third kappa shape index (κ3) is 3.06. The second-order valence-electron chi connectivity index (χ2n) is 3.99. The van der Waals surface area contributed by atoms with Gasteiger partial charge in [0.15, 0.2) is 0 Å². The van der Waals surface area contributed by atoms with Gasteiger partial charge in [0.2, 0.25) is 0 Å². The Morgan fingerprint density at radius 3 is 2.41 bits per heavy atom. The number of anilines is 1. The molecule has 2 heteroatoms. The van der Waals surface area contributed by atoms with Gasteiger partial charge < -0.3 is 5.32 Å². The Hall–Kier alpha value is -1.83. The van der Waals surface area contributed by atoms with E-state index in [-0.39, 0.29) is 5.82 Å². The summed E-state index contributed by atoms with van der Waals surface area (Å²) in [7, 11) is 0. The average molecular weight is 229 g/mol. The maximum atomic E-state index is 12.7. The van der Waals surface area contributed by atoms with Crippen LogP contribution < -0.4 is 5.32 Å². The molecule has 0 aliphatic rings. The van der Waals surface area contributed by atoms with Crippen LogP contribution in [0.15, 0.2) is 48.5 Å². The van der Waals surface area contributed by atoms with Crippen LogP contribution >= 0.6 is 0 Å². The lowest BCUT2D eigenvalue weighted by Gasteiger charge is -2.10. The average Bonchev–Trinajstić information content (AvgIpc) is 2.38. The molecule has 0 amide bonds. The molecule has 1 nitrogen and oxygen atoms in total. The van der Waals surface area contributed by atoms with E-state index in [1.807, 2.05) is 12.1 Å². The Labute approximate surface area is 101 Å². The van der Waals surface area contributed by atoms with Gasteiger partial charge in [0.25, 0.3) is 0 Å². The van der Waals surface area contributed by atoms with Crippen molar-refractivity contribution in [3.05, 3.63) is 65.5 Å². The summed E-state index contributed by atoms with van der Waals surface area (Å²) in [6.07, 6.45) is 1.01. The fourth-order valence-electron chi connectivity index (χ4n) is 1.80. The maximum absolute atomic E-state index is 12.7. The van der Waals surface area contributed by atoms with E-state index >= 15 is 0 Å². The van der Waals surface area contributed by atoms with Crippen molar-refractivity contribution < 1.29 is 4.39 Å². The zero-order valence-electron chi connectivity index (χ0n) is 9.91. The number of halogens is 1. The van der Waals surface area contributed by atoms with Crippen molar-refractivity contribution in [1.29, 1.82) is 0 Å². The van der Waals surface area contributed by atoms with Gasteiger partial charge in [-0.05, 0) is 35.7 Å². The van der Waals surface area contributed by atoms with Crippen LogP contribution in [0, 0.1) is 5.82 Å². The molecule has 0 saturated heterocycles. The van der Waals surface area contributed by atoms with Gasteiger partial charge in [-0.3, -0.25) is 0 Å². The summed E-state index contributed by atoms with van der Waals surface area (Å²) < 4.78 is 12.7. The van der Waals surface area contributed by atoms with Crippen LogP contribution in [0.2, 0.25) is 0 Å². The minimum atomic E-state index is -0.192. The highest BCUT2D eigenvalue weighted by molar-refractivity contribution is 5.51. The van der Waals surface area contributed by atoms with E-state index in [2.05, 4.69) is 24.4 Å². The quantitative estimate of drug-likeness (QED) is 0.835. The number of benzene rings is 2. The summed E-state index contributed by atoms with van der Waals surface area (Å²) in [6.45, 7) is 2.86. The van der Waals surface area contributed by atoms with Gasteiger partial charge in [0.05, 0.1) is 0 Å². The van der Waals surface area contributed by atoms with E-state index in [0.717, 1.165) is 24.2 Å². The topological polar surface area (TPSA) is 12.0 Å². The summed E-state index contributed by atoms with van der Waals surface area (Å²) in [5, 5.41) is 3.38. The first-order valence-corrected chi connectivity index (χ1v) is 5.86. The monoisotopic (exact) mass is 229 g/mol. The molecule has 2 aromatic carbocycles. The van der Waals surface area contributed by atoms with Crippen LogP contribution in [0.25, 0.3) is 0 Å². The fourth-order valence-corrected chi connectivity index (χ4v) is 1.80. The number of hydrogen-bond acceptors (Lipinski definition) is 1. The van der Waals surface area contributed by atoms with Crippen molar-refractivity contribution >= 4 is 5.69 Å². The number of aryl methyl sites for hydroxylation is 1. The molecule has 0 aromatic heterocycles. The summed E-state index contributed by atoms with van der Waals surface area (Å²) in [5.41, 5.74) is 3.53. The van der Waals surface area contributed by atoms with Crippen molar-refractivity contribution in [2.24, 2.45) is 0 Å². The van der Waals surface area contributed by atoms with Gasteiger partial charge in [0.1, 0.15) is 5.82 Å². The molecule has 0 saturated carbocycles. The maximum Gasteiger partial charge on any atom is 0.123 e. The van der Waals surface area contributed by atoms with Crippen molar-refractivity contribution in [1.82, 2.24) is 0 Å². The number of rotatable bonds is 4. The summed E-state index contributed by atoms with van der Waals surface area (Å²) in [4.78, 5) is 0. The van der Waals surface area contributed by atoms with Gasteiger partial charge in [-0.2, -0.15) is 0 Å². The molecule has 1 N–H and O–H groups in total.